The molecule has 0 fully saturated rings. The summed E-state index contributed by atoms with van der Waals surface area (Å²) in [6.07, 6.45) is 5.86. The molecular weight excluding hydrogens is 282 g/mol. The maximum Gasteiger partial charge on any atom is 0.323 e. The topological polar surface area (TPSA) is 42.2 Å². The van der Waals surface area contributed by atoms with Crippen LogP contribution >= 0.6 is 15.9 Å². The summed E-state index contributed by atoms with van der Waals surface area (Å²) in [4.78, 5) is 10.8. The maximum atomic E-state index is 10.8. The van der Waals surface area contributed by atoms with E-state index in [0.717, 1.165) is 21.8 Å². The SMILES string of the molecule is O=C(O)Cn1cc(C=CCBr)c2ccccc21. The van der Waals surface area contributed by atoms with Gasteiger partial charge in [-0.05, 0) is 11.6 Å². The molecule has 2 rings (SSSR count). The van der Waals surface area contributed by atoms with Gasteiger partial charge in [0.2, 0.25) is 0 Å². The number of benzene rings is 1. The Hall–Kier alpha value is -1.55. The molecule has 0 aliphatic rings. The van der Waals surface area contributed by atoms with E-state index in [2.05, 4.69) is 15.9 Å². The summed E-state index contributed by atoms with van der Waals surface area (Å²) in [7, 11) is 0. The summed E-state index contributed by atoms with van der Waals surface area (Å²) in [5, 5.41) is 10.7. The second kappa shape index (κ2) is 5.19. The highest BCUT2D eigenvalue weighted by Crippen LogP contribution is 2.22. The highest BCUT2D eigenvalue weighted by molar-refractivity contribution is 9.09. The van der Waals surface area contributed by atoms with E-state index in [1.165, 1.54) is 0 Å². The predicted octanol–water partition coefficient (Wildman–Crippen LogP) is 3.13. The number of hydrogen-bond acceptors (Lipinski definition) is 1. The number of allylic oxidation sites excluding steroid dienone is 1. The molecule has 88 valence electrons. The van der Waals surface area contributed by atoms with E-state index < -0.39 is 5.97 Å². The van der Waals surface area contributed by atoms with Gasteiger partial charge in [-0.2, -0.15) is 0 Å². The summed E-state index contributed by atoms with van der Waals surface area (Å²) in [5.74, 6) is -0.832. The fourth-order valence-corrected chi connectivity index (χ4v) is 2.04. The van der Waals surface area contributed by atoms with Gasteiger partial charge in [0.25, 0.3) is 0 Å². The minimum atomic E-state index is -0.832. The Bertz CT molecular complexity index is 572. The van der Waals surface area contributed by atoms with Gasteiger partial charge in [0.05, 0.1) is 0 Å². The van der Waals surface area contributed by atoms with Gasteiger partial charge in [0.1, 0.15) is 6.54 Å². The van der Waals surface area contributed by atoms with Crippen LogP contribution in [0.5, 0.6) is 0 Å². The number of para-hydroxylation sites is 1. The van der Waals surface area contributed by atoms with Crippen molar-refractivity contribution in [2.45, 2.75) is 6.54 Å². The molecule has 0 saturated carbocycles. The first-order chi connectivity index (χ1) is 8.22. The molecule has 2 aromatic rings. The number of aliphatic carboxylic acids is 1. The zero-order chi connectivity index (χ0) is 12.3. The van der Waals surface area contributed by atoms with Crippen LogP contribution in [0.1, 0.15) is 5.56 Å². The van der Waals surface area contributed by atoms with Crippen molar-refractivity contribution in [3.8, 4) is 0 Å². The van der Waals surface area contributed by atoms with Gasteiger partial charge >= 0.3 is 5.97 Å². The van der Waals surface area contributed by atoms with Crippen molar-refractivity contribution < 1.29 is 9.90 Å². The third-order valence-corrected chi connectivity index (χ3v) is 2.89. The van der Waals surface area contributed by atoms with Gasteiger partial charge in [-0.15, -0.1) is 0 Å². The molecule has 17 heavy (non-hydrogen) atoms. The van der Waals surface area contributed by atoms with Gasteiger partial charge in [0.15, 0.2) is 0 Å². The molecule has 1 aromatic carbocycles. The zero-order valence-electron chi connectivity index (χ0n) is 9.14. The standard InChI is InChI=1S/C13H12BrNO2/c14-7-3-4-10-8-15(9-13(16)17)12-6-2-1-5-11(10)12/h1-6,8H,7,9H2,(H,16,17). The van der Waals surface area contributed by atoms with E-state index in [9.17, 15) is 4.79 Å². The number of carboxylic acid groups (broad SMARTS) is 1. The third-order valence-electron chi connectivity index (χ3n) is 2.51. The summed E-state index contributed by atoms with van der Waals surface area (Å²) in [6.45, 7) is -0.0112. The van der Waals surface area contributed by atoms with E-state index >= 15 is 0 Å². The van der Waals surface area contributed by atoms with Crippen molar-refractivity contribution in [2.24, 2.45) is 0 Å². The van der Waals surface area contributed by atoms with Crippen molar-refractivity contribution in [3.63, 3.8) is 0 Å². The number of halogens is 1. The number of carbonyl (C=O) groups is 1. The molecule has 1 aromatic heterocycles. The highest BCUT2D eigenvalue weighted by Gasteiger charge is 2.07. The second-order valence-electron chi connectivity index (χ2n) is 3.68. The van der Waals surface area contributed by atoms with Crippen LogP contribution in [0.2, 0.25) is 0 Å². The molecule has 0 bridgehead atoms. The summed E-state index contributed by atoms with van der Waals surface area (Å²) in [5.41, 5.74) is 1.99. The summed E-state index contributed by atoms with van der Waals surface area (Å²) < 4.78 is 1.76. The molecule has 1 heterocycles. The molecule has 0 amide bonds. The molecule has 0 aliphatic heterocycles. The zero-order valence-corrected chi connectivity index (χ0v) is 10.7. The van der Waals surface area contributed by atoms with Crippen LogP contribution in [-0.2, 0) is 11.3 Å². The van der Waals surface area contributed by atoms with Crippen LogP contribution in [0.25, 0.3) is 17.0 Å². The lowest BCUT2D eigenvalue weighted by atomic mass is 10.2. The minimum absolute atomic E-state index is 0.0112. The van der Waals surface area contributed by atoms with Crippen LogP contribution in [0.4, 0.5) is 0 Å². The van der Waals surface area contributed by atoms with Gasteiger partial charge in [-0.1, -0.05) is 46.3 Å². The summed E-state index contributed by atoms with van der Waals surface area (Å²) in [6, 6.07) is 7.81. The average Bonchev–Trinajstić information content (AvgIpc) is 2.65. The molecule has 0 spiro atoms. The monoisotopic (exact) mass is 293 g/mol. The van der Waals surface area contributed by atoms with E-state index in [4.69, 9.17) is 5.11 Å². The van der Waals surface area contributed by atoms with Gasteiger partial charge in [0, 0.05) is 22.4 Å². The number of fused-ring (bicyclic) bond motifs is 1. The minimum Gasteiger partial charge on any atom is -0.480 e. The van der Waals surface area contributed by atoms with Gasteiger partial charge in [-0.25, -0.2) is 0 Å². The molecule has 0 unspecified atom stereocenters. The van der Waals surface area contributed by atoms with E-state index in [-0.39, 0.29) is 6.54 Å². The number of aromatic nitrogens is 1. The number of hydrogen-bond donors (Lipinski definition) is 1. The van der Waals surface area contributed by atoms with Crippen LogP contribution in [-0.4, -0.2) is 21.0 Å². The second-order valence-corrected chi connectivity index (χ2v) is 4.33. The van der Waals surface area contributed by atoms with E-state index in [1.54, 1.807) is 4.57 Å². The predicted molar refractivity (Wildman–Crippen MR) is 72.4 cm³/mol. The Balaban J connectivity index is 2.54. The smallest absolute Gasteiger partial charge is 0.323 e. The third kappa shape index (κ3) is 2.58. The quantitative estimate of drug-likeness (QED) is 0.880. The lowest BCUT2D eigenvalue weighted by Crippen LogP contribution is -2.07. The first-order valence-electron chi connectivity index (χ1n) is 5.24. The Morgan fingerprint density at radius 1 is 1.41 bits per heavy atom. The van der Waals surface area contributed by atoms with Gasteiger partial charge in [-0.3, -0.25) is 4.79 Å². The molecule has 1 N–H and O–H groups in total. The number of alkyl halides is 1. The van der Waals surface area contributed by atoms with Crippen molar-refractivity contribution in [2.75, 3.05) is 5.33 Å². The largest absolute Gasteiger partial charge is 0.480 e. The lowest BCUT2D eigenvalue weighted by Gasteiger charge is -1.99. The van der Waals surface area contributed by atoms with Crippen LogP contribution < -0.4 is 0 Å². The molecule has 0 radical (unpaired) electrons. The fraction of sp³-hybridized carbons (Fsp3) is 0.154. The van der Waals surface area contributed by atoms with Crippen LogP contribution in [0.15, 0.2) is 36.5 Å². The number of carboxylic acids is 1. The van der Waals surface area contributed by atoms with Crippen molar-refractivity contribution in [1.29, 1.82) is 0 Å². The Labute approximate surface area is 107 Å². The van der Waals surface area contributed by atoms with E-state index in [0.29, 0.717) is 0 Å². The lowest BCUT2D eigenvalue weighted by molar-refractivity contribution is -0.137. The number of nitrogens with zero attached hydrogens (tertiary/aromatic N) is 1. The molecule has 0 aliphatic carbocycles. The van der Waals surface area contributed by atoms with Gasteiger partial charge < -0.3 is 9.67 Å². The van der Waals surface area contributed by atoms with E-state index in [1.807, 2.05) is 42.6 Å². The van der Waals surface area contributed by atoms with Crippen molar-refractivity contribution >= 4 is 38.9 Å². The van der Waals surface area contributed by atoms with Crippen LogP contribution in [0, 0.1) is 0 Å². The number of rotatable bonds is 4. The van der Waals surface area contributed by atoms with Crippen molar-refractivity contribution in [1.82, 2.24) is 4.57 Å². The molecule has 4 heteroatoms. The van der Waals surface area contributed by atoms with Crippen molar-refractivity contribution in [3.05, 3.63) is 42.1 Å². The van der Waals surface area contributed by atoms with Crippen LogP contribution in [0.3, 0.4) is 0 Å². The Morgan fingerprint density at radius 2 is 2.18 bits per heavy atom. The Morgan fingerprint density at radius 3 is 2.88 bits per heavy atom. The Kier molecular flexibility index (Phi) is 3.64. The fourth-order valence-electron chi connectivity index (χ4n) is 1.86. The maximum absolute atomic E-state index is 10.8. The molecular formula is C13H12BrNO2. The molecule has 0 atom stereocenters. The molecule has 0 saturated heterocycles. The normalized spacial score (nSPS) is 11.4. The summed E-state index contributed by atoms with van der Waals surface area (Å²) >= 11 is 3.33. The first-order valence-corrected chi connectivity index (χ1v) is 6.36. The highest BCUT2D eigenvalue weighted by atomic mass is 79.9. The average molecular weight is 294 g/mol. The first kappa shape index (κ1) is 11.9. The molecule has 3 nitrogen and oxygen atoms in total.